The van der Waals surface area contributed by atoms with Crippen LogP contribution in [-0.2, 0) is 0 Å². The van der Waals surface area contributed by atoms with E-state index in [-0.39, 0.29) is 6.10 Å². The fourth-order valence-electron chi connectivity index (χ4n) is 1.35. The second kappa shape index (κ2) is 4.77. The van der Waals surface area contributed by atoms with Crippen molar-refractivity contribution in [3.05, 3.63) is 33.8 Å². The van der Waals surface area contributed by atoms with Gasteiger partial charge in [-0.3, -0.25) is 0 Å². The Kier molecular flexibility index (Phi) is 3.94. The van der Waals surface area contributed by atoms with Gasteiger partial charge in [-0.15, -0.1) is 0 Å². The highest BCUT2D eigenvalue weighted by atomic mass is 79.9. The number of hydrogen-bond acceptors (Lipinski definition) is 1. The van der Waals surface area contributed by atoms with Crippen LogP contribution in [-0.4, -0.2) is 5.11 Å². The fraction of sp³-hybridized carbons (Fsp3) is 0.455. The molecule has 1 unspecified atom stereocenters. The second-order valence-corrected chi connectivity index (χ2v) is 4.18. The van der Waals surface area contributed by atoms with E-state index in [0.717, 1.165) is 22.9 Å². The molecule has 1 nitrogen and oxygen atoms in total. The van der Waals surface area contributed by atoms with Crippen molar-refractivity contribution in [2.45, 2.75) is 32.8 Å². The third-order valence-corrected chi connectivity index (χ3v) is 2.79. The summed E-state index contributed by atoms with van der Waals surface area (Å²) >= 11 is 3.44. The first-order valence-corrected chi connectivity index (χ1v) is 5.38. The molecule has 72 valence electrons. The normalized spacial score (nSPS) is 12.9. The SMILES string of the molecule is CCCC(O)c1cc(C)ccc1Br. The van der Waals surface area contributed by atoms with Crippen LogP contribution in [0.3, 0.4) is 0 Å². The van der Waals surface area contributed by atoms with Crippen LogP contribution < -0.4 is 0 Å². The maximum atomic E-state index is 9.80. The predicted octanol–water partition coefficient (Wildman–Crippen LogP) is 3.59. The summed E-state index contributed by atoms with van der Waals surface area (Å²) in [6.07, 6.45) is 1.49. The molecule has 0 radical (unpaired) electrons. The van der Waals surface area contributed by atoms with E-state index in [1.165, 1.54) is 5.56 Å². The molecule has 0 aliphatic carbocycles. The van der Waals surface area contributed by atoms with Crippen molar-refractivity contribution in [1.29, 1.82) is 0 Å². The summed E-state index contributed by atoms with van der Waals surface area (Å²) in [5.74, 6) is 0. The molecule has 1 aromatic carbocycles. The lowest BCUT2D eigenvalue weighted by atomic mass is 10.0. The first kappa shape index (κ1) is 10.7. The Morgan fingerprint density at radius 3 is 2.77 bits per heavy atom. The molecule has 0 aliphatic heterocycles. The molecule has 0 spiro atoms. The predicted molar refractivity (Wildman–Crippen MR) is 58.7 cm³/mol. The molecule has 13 heavy (non-hydrogen) atoms. The van der Waals surface area contributed by atoms with Crippen LogP contribution in [0.1, 0.15) is 37.0 Å². The van der Waals surface area contributed by atoms with E-state index in [2.05, 4.69) is 22.9 Å². The van der Waals surface area contributed by atoms with E-state index in [4.69, 9.17) is 0 Å². The van der Waals surface area contributed by atoms with Gasteiger partial charge in [0.05, 0.1) is 6.10 Å². The van der Waals surface area contributed by atoms with Crippen molar-refractivity contribution in [3.63, 3.8) is 0 Å². The quantitative estimate of drug-likeness (QED) is 0.860. The van der Waals surface area contributed by atoms with Gasteiger partial charge in [0.2, 0.25) is 0 Å². The molecule has 0 saturated heterocycles. The van der Waals surface area contributed by atoms with Gasteiger partial charge in [0, 0.05) is 4.47 Å². The lowest BCUT2D eigenvalue weighted by Crippen LogP contribution is -1.98. The van der Waals surface area contributed by atoms with Crippen LogP contribution in [0.25, 0.3) is 0 Å². The molecule has 0 saturated carbocycles. The van der Waals surface area contributed by atoms with Crippen LogP contribution in [0.15, 0.2) is 22.7 Å². The Morgan fingerprint density at radius 2 is 2.15 bits per heavy atom. The third-order valence-electron chi connectivity index (χ3n) is 2.07. The van der Waals surface area contributed by atoms with Crippen molar-refractivity contribution < 1.29 is 5.11 Å². The summed E-state index contributed by atoms with van der Waals surface area (Å²) in [5, 5.41) is 9.80. The highest BCUT2D eigenvalue weighted by molar-refractivity contribution is 9.10. The van der Waals surface area contributed by atoms with Gasteiger partial charge in [0.15, 0.2) is 0 Å². The lowest BCUT2D eigenvalue weighted by molar-refractivity contribution is 0.165. The Hall–Kier alpha value is -0.340. The van der Waals surface area contributed by atoms with E-state index in [0.29, 0.717) is 0 Å². The summed E-state index contributed by atoms with van der Waals surface area (Å²) in [6.45, 7) is 4.11. The van der Waals surface area contributed by atoms with Crippen molar-refractivity contribution in [2.75, 3.05) is 0 Å². The zero-order chi connectivity index (χ0) is 9.84. The Bertz CT molecular complexity index is 283. The average molecular weight is 243 g/mol. The van der Waals surface area contributed by atoms with Crippen LogP contribution in [0.2, 0.25) is 0 Å². The highest BCUT2D eigenvalue weighted by Crippen LogP contribution is 2.27. The maximum absolute atomic E-state index is 9.80. The number of aliphatic hydroxyl groups excluding tert-OH is 1. The van der Waals surface area contributed by atoms with Crippen molar-refractivity contribution in [3.8, 4) is 0 Å². The summed E-state index contributed by atoms with van der Waals surface area (Å²) < 4.78 is 0.999. The van der Waals surface area contributed by atoms with E-state index in [9.17, 15) is 5.11 Å². The smallest absolute Gasteiger partial charge is 0.0800 e. The van der Waals surface area contributed by atoms with Crippen molar-refractivity contribution >= 4 is 15.9 Å². The number of hydrogen-bond donors (Lipinski definition) is 1. The molecular weight excluding hydrogens is 228 g/mol. The topological polar surface area (TPSA) is 20.2 Å². The van der Waals surface area contributed by atoms with E-state index < -0.39 is 0 Å². The largest absolute Gasteiger partial charge is 0.388 e. The summed E-state index contributed by atoms with van der Waals surface area (Å²) in [6, 6.07) is 6.06. The minimum Gasteiger partial charge on any atom is -0.388 e. The molecular formula is C11H15BrO. The molecule has 0 heterocycles. The maximum Gasteiger partial charge on any atom is 0.0800 e. The molecule has 1 N–H and O–H groups in total. The Balaban J connectivity index is 2.91. The molecule has 1 atom stereocenters. The Morgan fingerprint density at radius 1 is 1.46 bits per heavy atom. The number of aryl methyl sites for hydroxylation is 1. The van der Waals surface area contributed by atoms with Gasteiger partial charge >= 0.3 is 0 Å². The molecule has 1 rings (SSSR count). The summed E-state index contributed by atoms with van der Waals surface area (Å²) in [7, 11) is 0. The molecule has 1 aromatic rings. The van der Waals surface area contributed by atoms with Crippen LogP contribution in [0.5, 0.6) is 0 Å². The standard InChI is InChI=1S/C11H15BrO/c1-3-4-11(13)9-7-8(2)5-6-10(9)12/h5-7,11,13H,3-4H2,1-2H3. The molecule has 0 bridgehead atoms. The van der Waals surface area contributed by atoms with Gasteiger partial charge in [-0.2, -0.15) is 0 Å². The van der Waals surface area contributed by atoms with Gasteiger partial charge in [-0.1, -0.05) is 47.0 Å². The van der Waals surface area contributed by atoms with Gasteiger partial charge in [0.25, 0.3) is 0 Å². The summed E-state index contributed by atoms with van der Waals surface area (Å²) in [4.78, 5) is 0. The fourth-order valence-corrected chi connectivity index (χ4v) is 1.86. The van der Waals surface area contributed by atoms with E-state index in [1.54, 1.807) is 0 Å². The third kappa shape index (κ3) is 2.82. The zero-order valence-electron chi connectivity index (χ0n) is 8.05. The number of halogens is 1. The first-order valence-electron chi connectivity index (χ1n) is 4.59. The minimum atomic E-state index is -0.334. The number of benzene rings is 1. The summed E-state index contributed by atoms with van der Waals surface area (Å²) in [5.41, 5.74) is 2.19. The van der Waals surface area contributed by atoms with Gasteiger partial charge < -0.3 is 5.11 Å². The van der Waals surface area contributed by atoms with E-state index >= 15 is 0 Å². The lowest BCUT2D eigenvalue weighted by Gasteiger charge is -2.12. The van der Waals surface area contributed by atoms with Crippen LogP contribution in [0.4, 0.5) is 0 Å². The second-order valence-electron chi connectivity index (χ2n) is 3.33. The highest BCUT2D eigenvalue weighted by Gasteiger charge is 2.09. The molecule has 0 aliphatic rings. The number of rotatable bonds is 3. The average Bonchev–Trinajstić information content (AvgIpc) is 2.09. The molecule has 0 aromatic heterocycles. The van der Waals surface area contributed by atoms with Gasteiger partial charge in [-0.25, -0.2) is 0 Å². The van der Waals surface area contributed by atoms with Crippen molar-refractivity contribution in [2.24, 2.45) is 0 Å². The van der Waals surface area contributed by atoms with Gasteiger partial charge in [-0.05, 0) is 25.0 Å². The first-order chi connectivity index (χ1) is 6.15. The van der Waals surface area contributed by atoms with E-state index in [1.807, 2.05) is 25.1 Å². The van der Waals surface area contributed by atoms with Crippen LogP contribution >= 0.6 is 15.9 Å². The number of aliphatic hydroxyl groups is 1. The zero-order valence-corrected chi connectivity index (χ0v) is 9.63. The molecule has 0 amide bonds. The Labute approximate surface area is 87.9 Å². The molecule has 2 heteroatoms. The van der Waals surface area contributed by atoms with Gasteiger partial charge in [0.1, 0.15) is 0 Å². The minimum absolute atomic E-state index is 0.334. The molecule has 0 fully saturated rings. The van der Waals surface area contributed by atoms with Crippen LogP contribution in [0, 0.1) is 6.92 Å². The monoisotopic (exact) mass is 242 g/mol. The van der Waals surface area contributed by atoms with Crippen molar-refractivity contribution in [1.82, 2.24) is 0 Å².